The second-order valence-corrected chi connectivity index (χ2v) is 0.619. The van der Waals surface area contributed by atoms with E-state index < -0.39 is 6.16 Å². The number of carbonyl (C=O) groups is 1. The summed E-state index contributed by atoms with van der Waals surface area (Å²) in [6.07, 6.45) is -1.28. The molecule has 6 heteroatoms. The maximum atomic E-state index is 9.12. The van der Waals surface area contributed by atoms with Crippen molar-refractivity contribution in [3.8, 4) is 0 Å². The molecule has 0 fully saturated rings. The van der Waals surface area contributed by atoms with E-state index in [4.69, 9.17) is 9.90 Å². The predicted molar refractivity (Wildman–Crippen MR) is 21.0 cm³/mol. The molecule has 0 saturated carbocycles. The fraction of sp³-hybridized carbons (Fsp3) is 0. The molecule has 1 unspecified atom stereocenters. The zero-order chi connectivity index (χ0) is 4.28. The van der Waals surface area contributed by atoms with E-state index in [2.05, 4.69) is 4.52 Å². The van der Waals surface area contributed by atoms with Gasteiger partial charge in [-0.1, -0.05) is 0 Å². The maximum absolute atomic E-state index is 9.12. The molecule has 0 aromatic rings. The molecule has 0 rings (SSSR count). The molecule has 7 heavy (non-hydrogen) atoms. The third-order valence-corrected chi connectivity index (χ3v) is 0.302. The van der Waals surface area contributed by atoms with Gasteiger partial charge in [-0.05, 0) is 0 Å². The zero-order valence-electron chi connectivity index (χ0n) is 6.34. The normalized spacial score (nSPS) is 4.71. The average molecular weight is 174 g/mol. The standard InChI is InChI=1S/CH3O3P.2K.2H/c2-1(3)4-5;;;;/h5H2,(H,2,3);;;;/q;2*+1;2*-1. The van der Waals surface area contributed by atoms with Gasteiger partial charge in [0.15, 0.2) is 0 Å². The van der Waals surface area contributed by atoms with Crippen molar-refractivity contribution < 1.29 is 120 Å². The summed E-state index contributed by atoms with van der Waals surface area (Å²) in [7, 11) is 1.59. The Kier molecular flexibility index (Phi) is 27.7. The summed E-state index contributed by atoms with van der Waals surface area (Å²) >= 11 is 0. The molecule has 1 N–H and O–H groups in total. The van der Waals surface area contributed by atoms with Crippen molar-refractivity contribution in [3.05, 3.63) is 0 Å². The van der Waals surface area contributed by atoms with E-state index in [-0.39, 0.29) is 106 Å². The summed E-state index contributed by atoms with van der Waals surface area (Å²) in [4.78, 5) is 9.12. The van der Waals surface area contributed by atoms with Crippen LogP contribution in [0.5, 0.6) is 0 Å². The average Bonchev–Trinajstić information content (AvgIpc) is 1.38. The molecule has 0 radical (unpaired) electrons. The van der Waals surface area contributed by atoms with Crippen LogP contribution < -0.4 is 103 Å². The Labute approximate surface area is 132 Å². The smallest absolute Gasteiger partial charge is 1.00 e. The fourth-order valence-electron chi connectivity index (χ4n) is 0. The van der Waals surface area contributed by atoms with Crippen LogP contribution in [0, 0.1) is 0 Å². The quantitative estimate of drug-likeness (QED) is 0.295. The molecule has 3 nitrogen and oxygen atoms in total. The van der Waals surface area contributed by atoms with Crippen molar-refractivity contribution in [2.45, 2.75) is 0 Å². The van der Waals surface area contributed by atoms with Crippen molar-refractivity contribution in [1.29, 1.82) is 0 Å². The van der Waals surface area contributed by atoms with E-state index >= 15 is 0 Å². The molecule has 0 amide bonds. The van der Waals surface area contributed by atoms with Crippen molar-refractivity contribution in [2.24, 2.45) is 0 Å². The summed E-state index contributed by atoms with van der Waals surface area (Å²) in [6, 6.07) is 0. The molecule has 0 heterocycles. The second kappa shape index (κ2) is 11.7. The molecule has 0 aromatic carbocycles. The monoisotopic (exact) mass is 174 g/mol. The minimum atomic E-state index is -1.28. The van der Waals surface area contributed by atoms with Crippen molar-refractivity contribution in [1.82, 2.24) is 0 Å². The Morgan fingerprint density at radius 3 is 1.86 bits per heavy atom. The summed E-state index contributed by atoms with van der Waals surface area (Å²) in [5.74, 6) is 0. The van der Waals surface area contributed by atoms with E-state index in [0.717, 1.165) is 0 Å². The van der Waals surface area contributed by atoms with Crippen LogP contribution >= 0.6 is 9.47 Å². The Bertz CT molecular complexity index is 55.1. The van der Waals surface area contributed by atoms with Gasteiger partial charge in [0.25, 0.3) is 0 Å². The molecule has 0 aromatic heterocycles. The molecular formula is CH5K2O3P. The molecule has 1 atom stereocenters. The topological polar surface area (TPSA) is 46.5 Å². The van der Waals surface area contributed by atoms with E-state index in [1.165, 1.54) is 0 Å². The van der Waals surface area contributed by atoms with Crippen molar-refractivity contribution in [3.63, 3.8) is 0 Å². The molecule has 0 spiro atoms. The third kappa shape index (κ3) is 17.6. The van der Waals surface area contributed by atoms with Crippen LogP contribution in [0.25, 0.3) is 0 Å². The van der Waals surface area contributed by atoms with Gasteiger partial charge < -0.3 is 12.5 Å². The van der Waals surface area contributed by atoms with E-state index in [1.54, 1.807) is 9.47 Å². The number of rotatable bonds is 0. The van der Waals surface area contributed by atoms with E-state index in [1.807, 2.05) is 0 Å². The molecule has 0 saturated heterocycles. The van der Waals surface area contributed by atoms with Crippen molar-refractivity contribution >= 4 is 15.6 Å². The van der Waals surface area contributed by atoms with Gasteiger partial charge in [0.2, 0.25) is 0 Å². The molecule has 0 aliphatic rings. The first-order valence-electron chi connectivity index (χ1n) is 0.868. The van der Waals surface area contributed by atoms with Gasteiger partial charge in [0, 0.05) is 0 Å². The van der Waals surface area contributed by atoms with Crippen LogP contribution in [0.1, 0.15) is 2.85 Å². The van der Waals surface area contributed by atoms with Gasteiger partial charge in [0.05, 0.1) is 9.47 Å². The Morgan fingerprint density at radius 2 is 1.86 bits per heavy atom. The first-order valence-corrected chi connectivity index (χ1v) is 1.34. The number of carboxylic acid groups (broad SMARTS) is 1. The third-order valence-electron chi connectivity index (χ3n) is 0.101. The molecule has 0 aliphatic carbocycles. The van der Waals surface area contributed by atoms with Crippen LogP contribution in [0.4, 0.5) is 4.79 Å². The summed E-state index contributed by atoms with van der Waals surface area (Å²) in [5, 5.41) is 7.48. The van der Waals surface area contributed by atoms with Crippen LogP contribution in [0.15, 0.2) is 0 Å². The SMILES string of the molecule is O=C(O)OP.[H-].[H-].[K+].[K+]. The summed E-state index contributed by atoms with van der Waals surface area (Å²) in [5.41, 5.74) is 0. The first kappa shape index (κ1) is 16.5. The van der Waals surface area contributed by atoms with Crippen molar-refractivity contribution in [2.75, 3.05) is 0 Å². The Hall–Kier alpha value is 2.97. The van der Waals surface area contributed by atoms with Crippen LogP contribution in [-0.2, 0) is 4.52 Å². The molecule has 0 bridgehead atoms. The molecular weight excluding hydrogens is 169 g/mol. The van der Waals surface area contributed by atoms with Crippen LogP contribution in [0.2, 0.25) is 0 Å². The van der Waals surface area contributed by atoms with Gasteiger partial charge in [-0.3, -0.25) is 0 Å². The first-order chi connectivity index (χ1) is 2.27. The summed E-state index contributed by atoms with van der Waals surface area (Å²) in [6.45, 7) is 0. The van der Waals surface area contributed by atoms with E-state index in [9.17, 15) is 0 Å². The Morgan fingerprint density at radius 1 is 1.71 bits per heavy atom. The molecule has 0 aliphatic heterocycles. The van der Waals surface area contributed by atoms with E-state index in [0.29, 0.717) is 0 Å². The Balaban J connectivity index is -0.0000000133. The van der Waals surface area contributed by atoms with Gasteiger partial charge >= 0.3 is 109 Å². The summed E-state index contributed by atoms with van der Waals surface area (Å²) < 4.78 is 3.58. The van der Waals surface area contributed by atoms with Gasteiger partial charge in [-0.25, -0.2) is 4.79 Å². The van der Waals surface area contributed by atoms with Gasteiger partial charge in [0.1, 0.15) is 0 Å². The minimum absolute atomic E-state index is 0. The van der Waals surface area contributed by atoms with Crippen LogP contribution in [-0.4, -0.2) is 11.3 Å². The number of hydrogen-bond donors (Lipinski definition) is 1. The zero-order valence-corrected chi connectivity index (χ0v) is 11.7. The second-order valence-electron chi connectivity index (χ2n) is 0.384. The van der Waals surface area contributed by atoms with Crippen LogP contribution in [0.3, 0.4) is 0 Å². The number of hydrogen-bond acceptors (Lipinski definition) is 2. The van der Waals surface area contributed by atoms with Gasteiger partial charge in [-0.2, -0.15) is 0 Å². The largest absolute Gasteiger partial charge is 1.00 e. The van der Waals surface area contributed by atoms with Gasteiger partial charge in [-0.15, -0.1) is 0 Å². The minimum Gasteiger partial charge on any atom is -1.00 e. The predicted octanol–water partition coefficient (Wildman–Crippen LogP) is -5.30. The molecule has 34 valence electrons. The maximum Gasteiger partial charge on any atom is 1.00 e. The fourth-order valence-corrected chi connectivity index (χ4v) is 0.